The fourth-order valence-electron chi connectivity index (χ4n) is 3.97. The van der Waals surface area contributed by atoms with Gasteiger partial charge in [0.25, 0.3) is 0 Å². The van der Waals surface area contributed by atoms with Gasteiger partial charge in [0.05, 0.1) is 18.6 Å². The molecule has 10 nitrogen and oxygen atoms in total. The van der Waals surface area contributed by atoms with Crippen molar-refractivity contribution in [2.24, 2.45) is 0 Å². The lowest BCUT2D eigenvalue weighted by Gasteiger charge is -2.40. The van der Waals surface area contributed by atoms with Crippen molar-refractivity contribution in [3.8, 4) is 23.0 Å². The van der Waals surface area contributed by atoms with Crippen molar-refractivity contribution in [3.05, 3.63) is 47.0 Å². The van der Waals surface area contributed by atoms with E-state index >= 15 is 0 Å². The van der Waals surface area contributed by atoms with E-state index in [9.17, 15) is 40.5 Å². The normalized spacial score (nSPS) is 30.5. The van der Waals surface area contributed by atoms with Crippen molar-refractivity contribution in [2.45, 2.75) is 43.0 Å². The highest BCUT2D eigenvalue weighted by atomic mass is 16.5. The summed E-state index contributed by atoms with van der Waals surface area (Å²) in [4.78, 5) is 12.8. The van der Waals surface area contributed by atoms with Crippen LogP contribution in [-0.4, -0.2) is 72.6 Å². The molecule has 7 N–H and O–H groups in total. The van der Waals surface area contributed by atoms with Crippen molar-refractivity contribution < 1.29 is 50.0 Å². The van der Waals surface area contributed by atoms with Crippen LogP contribution in [0.3, 0.4) is 0 Å². The van der Waals surface area contributed by atoms with E-state index in [4.69, 9.17) is 9.47 Å². The van der Waals surface area contributed by atoms with E-state index < -0.39 is 60.5 Å². The molecule has 1 saturated heterocycles. The summed E-state index contributed by atoms with van der Waals surface area (Å²) >= 11 is 0. The minimum Gasteiger partial charge on any atom is -0.508 e. The number of ketones is 1. The molecule has 10 heteroatoms. The number of hydrogen-bond acceptors (Lipinski definition) is 10. The standard InChI is InChI=1S/C21H22O10/c22-7-14-17(26)19(28)20(29)21(31-14)16-11(25)6-13-15(18(16)27)10(24)5-12(30-13)8-1-3-9(23)4-2-8/h1-4,6,12,14,17,19-23,25-29H,5,7H2/t12?,14-,17-,19+,20-,21?/m1/s1. The first kappa shape index (κ1) is 21.3. The highest BCUT2D eigenvalue weighted by Crippen LogP contribution is 2.49. The minimum absolute atomic E-state index is 0.0470. The van der Waals surface area contributed by atoms with Gasteiger partial charge in [0.15, 0.2) is 5.78 Å². The lowest BCUT2D eigenvalue weighted by molar-refractivity contribution is -0.232. The molecule has 2 unspecified atom stereocenters. The quantitative estimate of drug-likeness (QED) is 0.348. The molecular formula is C21H22O10. The minimum atomic E-state index is -1.75. The van der Waals surface area contributed by atoms with Gasteiger partial charge >= 0.3 is 0 Å². The molecule has 2 aromatic rings. The van der Waals surface area contributed by atoms with Gasteiger partial charge in [-0.15, -0.1) is 0 Å². The smallest absolute Gasteiger partial charge is 0.174 e. The summed E-state index contributed by atoms with van der Waals surface area (Å²) < 4.78 is 11.2. The van der Waals surface area contributed by atoms with E-state index in [1.807, 2.05) is 0 Å². The summed E-state index contributed by atoms with van der Waals surface area (Å²) in [6.45, 7) is -0.690. The Labute approximate surface area is 176 Å². The predicted molar refractivity (Wildman–Crippen MR) is 103 cm³/mol. The summed E-state index contributed by atoms with van der Waals surface area (Å²) in [6, 6.07) is 7.14. The van der Waals surface area contributed by atoms with Crippen LogP contribution in [0, 0.1) is 0 Å². The van der Waals surface area contributed by atoms with Crippen molar-refractivity contribution in [3.63, 3.8) is 0 Å². The molecule has 2 heterocycles. The third-order valence-corrected chi connectivity index (χ3v) is 5.64. The Bertz CT molecular complexity index is 987. The topological polar surface area (TPSA) is 177 Å². The lowest BCUT2D eigenvalue weighted by atomic mass is 9.87. The van der Waals surface area contributed by atoms with Gasteiger partial charge in [0.1, 0.15) is 65.2 Å². The summed E-state index contributed by atoms with van der Waals surface area (Å²) in [5.41, 5.74) is 0.0178. The molecule has 0 radical (unpaired) electrons. The third kappa shape index (κ3) is 3.58. The van der Waals surface area contributed by atoms with Crippen molar-refractivity contribution >= 4 is 5.78 Å². The van der Waals surface area contributed by atoms with E-state index in [1.165, 1.54) is 12.1 Å². The predicted octanol–water partition coefficient (Wildman–Crippen LogP) is 0.0248. The zero-order valence-corrected chi connectivity index (χ0v) is 16.1. The SMILES string of the molecule is O=C1CC(c2ccc(O)cc2)Oc2cc(O)c(C3O[C@H](CO)[C@@H](O)[C@H](O)[C@H]3O)c(O)c21. The number of ether oxygens (including phenoxy) is 2. The molecule has 0 saturated carbocycles. The molecule has 2 aromatic carbocycles. The maximum Gasteiger partial charge on any atom is 0.174 e. The summed E-state index contributed by atoms with van der Waals surface area (Å²) in [7, 11) is 0. The highest BCUT2D eigenvalue weighted by Gasteiger charge is 2.47. The van der Waals surface area contributed by atoms with Crippen LogP contribution < -0.4 is 4.74 Å². The van der Waals surface area contributed by atoms with Gasteiger partial charge in [-0.3, -0.25) is 4.79 Å². The molecule has 1 fully saturated rings. The van der Waals surface area contributed by atoms with Crippen LogP contribution in [0.5, 0.6) is 23.0 Å². The number of phenolic OH excluding ortho intramolecular Hbond substituents is 3. The van der Waals surface area contributed by atoms with E-state index in [2.05, 4.69) is 0 Å². The Kier molecular flexibility index (Phi) is 5.50. The first-order valence-electron chi connectivity index (χ1n) is 9.61. The number of hydrogen-bond donors (Lipinski definition) is 7. The van der Waals surface area contributed by atoms with Crippen LogP contribution in [0.2, 0.25) is 0 Å². The molecule has 6 atom stereocenters. The molecule has 0 aliphatic carbocycles. The van der Waals surface area contributed by atoms with E-state index in [-0.39, 0.29) is 29.0 Å². The second kappa shape index (κ2) is 7.98. The largest absolute Gasteiger partial charge is 0.508 e. The maximum absolute atomic E-state index is 12.8. The Morgan fingerprint density at radius 2 is 1.65 bits per heavy atom. The van der Waals surface area contributed by atoms with Crippen molar-refractivity contribution in [1.29, 1.82) is 0 Å². The van der Waals surface area contributed by atoms with E-state index in [0.717, 1.165) is 6.07 Å². The van der Waals surface area contributed by atoms with Crippen LogP contribution >= 0.6 is 0 Å². The number of Topliss-reactive ketones (excluding diaryl/α,β-unsaturated/α-hetero) is 1. The number of carbonyl (C=O) groups is 1. The Morgan fingerprint density at radius 1 is 0.968 bits per heavy atom. The first-order valence-corrected chi connectivity index (χ1v) is 9.61. The van der Waals surface area contributed by atoms with Gasteiger partial charge in [-0.2, -0.15) is 0 Å². The van der Waals surface area contributed by atoms with Gasteiger partial charge < -0.3 is 45.2 Å². The van der Waals surface area contributed by atoms with Crippen LogP contribution in [-0.2, 0) is 4.74 Å². The second-order valence-corrected chi connectivity index (χ2v) is 7.61. The van der Waals surface area contributed by atoms with Gasteiger partial charge in [-0.1, -0.05) is 12.1 Å². The Hall–Kier alpha value is -2.89. The fraction of sp³-hybridized carbons (Fsp3) is 0.381. The Morgan fingerprint density at radius 3 is 2.29 bits per heavy atom. The number of rotatable bonds is 3. The number of aromatic hydroxyl groups is 3. The Balaban J connectivity index is 1.72. The average molecular weight is 434 g/mol. The molecule has 2 aliphatic rings. The van der Waals surface area contributed by atoms with Gasteiger partial charge in [-0.05, 0) is 17.7 Å². The highest BCUT2D eigenvalue weighted by molar-refractivity contribution is 6.03. The number of aliphatic hydroxyl groups is 4. The number of carbonyl (C=O) groups excluding carboxylic acids is 1. The molecule has 0 bridgehead atoms. The average Bonchev–Trinajstić information content (AvgIpc) is 2.73. The van der Waals surface area contributed by atoms with Crippen molar-refractivity contribution in [1.82, 2.24) is 0 Å². The zero-order chi connectivity index (χ0) is 22.4. The van der Waals surface area contributed by atoms with Crippen molar-refractivity contribution in [2.75, 3.05) is 6.61 Å². The summed E-state index contributed by atoms with van der Waals surface area (Å²) in [5.74, 6) is -1.79. The van der Waals surface area contributed by atoms with E-state index in [1.54, 1.807) is 12.1 Å². The van der Waals surface area contributed by atoms with Crippen LogP contribution in [0.4, 0.5) is 0 Å². The molecule has 2 aliphatic heterocycles. The van der Waals surface area contributed by atoms with Crippen LogP contribution in [0.1, 0.15) is 40.1 Å². The van der Waals surface area contributed by atoms with Gasteiger partial charge in [-0.25, -0.2) is 0 Å². The van der Waals surface area contributed by atoms with Gasteiger partial charge in [0, 0.05) is 6.07 Å². The molecule has 4 rings (SSSR count). The van der Waals surface area contributed by atoms with E-state index in [0.29, 0.717) is 5.56 Å². The number of fused-ring (bicyclic) bond motifs is 1. The molecule has 0 amide bonds. The van der Waals surface area contributed by atoms with Crippen LogP contribution in [0.25, 0.3) is 0 Å². The first-order chi connectivity index (χ1) is 14.7. The number of phenols is 3. The van der Waals surface area contributed by atoms with Crippen LogP contribution in [0.15, 0.2) is 30.3 Å². The molecule has 0 spiro atoms. The van der Waals surface area contributed by atoms with Gasteiger partial charge in [0.2, 0.25) is 0 Å². The zero-order valence-electron chi connectivity index (χ0n) is 16.1. The summed E-state index contributed by atoms with van der Waals surface area (Å²) in [6.07, 6.45) is -8.72. The maximum atomic E-state index is 12.8. The monoisotopic (exact) mass is 434 g/mol. The molecule has 31 heavy (non-hydrogen) atoms. The number of benzene rings is 2. The molecule has 0 aromatic heterocycles. The second-order valence-electron chi connectivity index (χ2n) is 7.61. The fourth-order valence-corrected chi connectivity index (χ4v) is 3.97. The lowest BCUT2D eigenvalue weighted by Crippen LogP contribution is -2.55. The number of aliphatic hydroxyl groups excluding tert-OH is 4. The third-order valence-electron chi connectivity index (χ3n) is 5.64. The summed E-state index contributed by atoms with van der Waals surface area (Å²) in [5, 5.41) is 70.4. The molecule has 166 valence electrons. The molecular weight excluding hydrogens is 412 g/mol.